The summed E-state index contributed by atoms with van der Waals surface area (Å²) in [7, 11) is 0. The molecular weight excluding hydrogens is 773 g/mol. The Kier molecular flexibility index (Phi) is 9.52. The number of benzene rings is 9. The average Bonchev–Trinajstić information content (AvgIpc) is 3.58. The molecule has 306 valence electrons. The van der Waals surface area contributed by atoms with E-state index in [9.17, 15) is 0 Å². The molecule has 0 amide bonds. The first-order chi connectivity index (χ1) is 31.7. The first-order valence-corrected chi connectivity index (χ1v) is 23.0. The van der Waals surface area contributed by atoms with Crippen molar-refractivity contribution in [2.75, 3.05) is 0 Å². The molecule has 0 saturated carbocycles. The van der Waals surface area contributed by atoms with E-state index in [1.165, 1.54) is 93.6 Å². The molecule has 1 aliphatic carbocycles. The molecule has 2 nitrogen and oxygen atoms in total. The summed E-state index contributed by atoms with van der Waals surface area (Å²) in [6, 6.07) is 74.2. The van der Waals surface area contributed by atoms with Crippen molar-refractivity contribution in [3.05, 3.63) is 245 Å². The van der Waals surface area contributed by atoms with E-state index in [0.717, 1.165) is 54.6 Å². The van der Waals surface area contributed by atoms with Crippen molar-refractivity contribution in [2.45, 2.75) is 44.9 Å². The lowest BCUT2D eigenvalue weighted by Gasteiger charge is -2.24. The van der Waals surface area contributed by atoms with Crippen molar-refractivity contribution in [3.63, 3.8) is 0 Å². The Labute approximate surface area is 375 Å². The van der Waals surface area contributed by atoms with Gasteiger partial charge in [-0.15, -0.1) is 0 Å². The van der Waals surface area contributed by atoms with Crippen molar-refractivity contribution in [1.82, 2.24) is 4.57 Å². The van der Waals surface area contributed by atoms with E-state index in [-0.39, 0.29) is 5.92 Å². The van der Waals surface area contributed by atoms with E-state index in [1.54, 1.807) is 0 Å². The molecule has 1 unspecified atom stereocenters. The molecule has 0 saturated heterocycles. The first-order valence-electron chi connectivity index (χ1n) is 23.0. The van der Waals surface area contributed by atoms with Crippen molar-refractivity contribution in [2.24, 2.45) is 4.99 Å². The summed E-state index contributed by atoms with van der Waals surface area (Å²) in [4.78, 5) is 5.53. The van der Waals surface area contributed by atoms with Gasteiger partial charge in [0, 0.05) is 27.9 Å². The normalized spacial score (nSPS) is 18.1. The van der Waals surface area contributed by atoms with Gasteiger partial charge in [0.15, 0.2) is 0 Å². The van der Waals surface area contributed by atoms with Crippen molar-refractivity contribution in [3.8, 4) is 16.8 Å². The average molecular weight is 821 g/mol. The van der Waals surface area contributed by atoms with Crippen LogP contribution in [0.4, 0.5) is 0 Å². The molecule has 12 rings (SSSR count). The number of aromatic nitrogens is 1. The van der Waals surface area contributed by atoms with Crippen LogP contribution in [-0.4, -0.2) is 10.3 Å². The van der Waals surface area contributed by atoms with Gasteiger partial charge >= 0.3 is 0 Å². The van der Waals surface area contributed by atoms with Crippen molar-refractivity contribution < 1.29 is 0 Å². The molecule has 2 heteroatoms. The molecule has 2 heterocycles. The van der Waals surface area contributed by atoms with Gasteiger partial charge in [-0.3, -0.25) is 0 Å². The van der Waals surface area contributed by atoms with Crippen LogP contribution in [-0.2, 0) is 6.42 Å². The highest BCUT2D eigenvalue weighted by Gasteiger charge is 2.29. The maximum atomic E-state index is 5.53. The summed E-state index contributed by atoms with van der Waals surface area (Å²) in [5.41, 5.74) is 19.1. The Morgan fingerprint density at radius 3 is 2.02 bits per heavy atom. The van der Waals surface area contributed by atoms with Gasteiger partial charge in [-0.05, 0) is 134 Å². The van der Waals surface area contributed by atoms with Gasteiger partial charge in [-0.2, -0.15) is 0 Å². The van der Waals surface area contributed by atoms with E-state index in [2.05, 4.69) is 218 Å². The fraction of sp³-hybridized carbons (Fsp3) is 0.113. The number of hydrogen-bond donors (Lipinski definition) is 0. The van der Waals surface area contributed by atoms with Crippen LogP contribution in [0.25, 0.3) is 71.4 Å². The third-order valence-corrected chi connectivity index (χ3v) is 14.0. The molecule has 1 atom stereocenters. The van der Waals surface area contributed by atoms with Crippen LogP contribution in [0.15, 0.2) is 217 Å². The van der Waals surface area contributed by atoms with Crippen LogP contribution < -0.4 is 0 Å². The van der Waals surface area contributed by atoms with Gasteiger partial charge in [0.25, 0.3) is 0 Å². The number of aliphatic imine (C=N–C) groups is 1. The smallest absolute Gasteiger partial charge is 0.0744 e. The Morgan fingerprint density at radius 1 is 0.516 bits per heavy atom. The molecule has 0 fully saturated rings. The monoisotopic (exact) mass is 820 g/mol. The maximum absolute atomic E-state index is 5.53. The molecular formula is C62H48N2. The lowest BCUT2D eigenvalue weighted by Crippen LogP contribution is -2.10. The molecule has 2 aliphatic rings. The minimum absolute atomic E-state index is 0.189. The molecule has 0 bridgehead atoms. The van der Waals surface area contributed by atoms with Crippen molar-refractivity contribution in [1.29, 1.82) is 0 Å². The van der Waals surface area contributed by atoms with E-state index >= 15 is 0 Å². The molecule has 1 aliphatic heterocycles. The van der Waals surface area contributed by atoms with Gasteiger partial charge in [0.1, 0.15) is 0 Å². The standard InChI is InChI=1S/C62H48N2/c1-2-46-48(32-18-33-58(42-20-6-3-7-21-42)63-62(46)43-22-8-4-9-23-43)49-28-16-30-51-50(49)29-17-31-52(51)54-38-36-44-39-60-57(40-56(44)55-37-35-41-19-12-13-26-47(41)61(54)55)53-27-14-15-34-59(53)64(60)45-24-10-5-11-25-45/h3-17,19-31,33-35,37,39-40,54H,2,18,32,36,38H2,1H3/b48-46+,58-33+,63-62-. The maximum Gasteiger partial charge on any atom is 0.0744 e. The number of fused-ring (bicyclic) bond motifs is 9. The summed E-state index contributed by atoms with van der Waals surface area (Å²) in [6.45, 7) is 2.30. The summed E-state index contributed by atoms with van der Waals surface area (Å²) in [5, 5.41) is 7.88. The van der Waals surface area contributed by atoms with E-state index < -0.39 is 0 Å². The number of nitrogens with zero attached hydrogens (tertiary/aromatic N) is 2. The minimum Gasteiger partial charge on any atom is -0.309 e. The second kappa shape index (κ2) is 16.0. The summed E-state index contributed by atoms with van der Waals surface area (Å²) < 4.78 is 2.46. The van der Waals surface area contributed by atoms with Gasteiger partial charge < -0.3 is 4.57 Å². The number of aryl methyl sites for hydroxylation is 1. The Hall–Kier alpha value is -7.55. The number of hydrogen-bond acceptors (Lipinski definition) is 1. The van der Waals surface area contributed by atoms with Crippen LogP contribution in [0, 0.1) is 0 Å². The summed E-state index contributed by atoms with van der Waals surface area (Å²) in [5.74, 6) is 0.189. The first kappa shape index (κ1) is 38.2. The minimum atomic E-state index is 0.189. The molecule has 10 aromatic rings. The van der Waals surface area contributed by atoms with Crippen LogP contribution >= 0.6 is 0 Å². The summed E-state index contributed by atoms with van der Waals surface area (Å²) >= 11 is 0. The van der Waals surface area contributed by atoms with Gasteiger partial charge in [-0.1, -0.05) is 183 Å². The number of rotatable bonds is 6. The van der Waals surface area contributed by atoms with E-state index in [0.29, 0.717) is 0 Å². The largest absolute Gasteiger partial charge is 0.309 e. The third kappa shape index (κ3) is 6.36. The van der Waals surface area contributed by atoms with Gasteiger partial charge in [-0.25, -0.2) is 4.99 Å². The van der Waals surface area contributed by atoms with Crippen LogP contribution in [0.5, 0.6) is 0 Å². The molecule has 1 aromatic heterocycles. The lowest BCUT2D eigenvalue weighted by molar-refractivity contribution is 0.735. The van der Waals surface area contributed by atoms with E-state index in [1.807, 2.05) is 0 Å². The fourth-order valence-electron chi connectivity index (χ4n) is 11.1. The SMILES string of the molecule is CCC1=C(\c2cccc3c(C4CCc5cc6c(cc5-c5ccc7ccccc7c54)c4ccccc4n6-c4ccccc4)cccc23)CC/C=C(c2ccccc2)/N=C\1c1ccccc1. The topological polar surface area (TPSA) is 17.3 Å². The zero-order valence-corrected chi connectivity index (χ0v) is 36.1. The third-order valence-electron chi connectivity index (χ3n) is 14.0. The van der Waals surface area contributed by atoms with Crippen molar-refractivity contribution >= 4 is 60.3 Å². The molecule has 0 spiro atoms. The molecule has 9 aromatic carbocycles. The highest BCUT2D eigenvalue weighted by atomic mass is 15.0. The lowest BCUT2D eigenvalue weighted by atomic mass is 9.79. The zero-order valence-electron chi connectivity index (χ0n) is 36.1. The predicted octanol–water partition coefficient (Wildman–Crippen LogP) is 16.3. The second-order valence-electron chi connectivity index (χ2n) is 17.4. The highest BCUT2D eigenvalue weighted by molar-refractivity contribution is 6.19. The molecule has 0 N–H and O–H groups in total. The molecule has 0 radical (unpaired) electrons. The van der Waals surface area contributed by atoms with Gasteiger partial charge in [0.2, 0.25) is 0 Å². The quantitative estimate of drug-likeness (QED) is 0.159. The fourth-order valence-corrected chi connectivity index (χ4v) is 11.1. The van der Waals surface area contributed by atoms with E-state index in [4.69, 9.17) is 4.99 Å². The Bertz CT molecular complexity index is 3510. The van der Waals surface area contributed by atoms with Crippen LogP contribution in [0.1, 0.15) is 71.9 Å². The van der Waals surface area contributed by atoms with Gasteiger partial charge in [0.05, 0.1) is 22.4 Å². The predicted molar refractivity (Wildman–Crippen MR) is 272 cm³/mol. The Morgan fingerprint density at radius 2 is 1.20 bits per heavy atom. The van der Waals surface area contributed by atoms with Crippen LogP contribution in [0.2, 0.25) is 0 Å². The Balaban J connectivity index is 1.05. The molecule has 64 heavy (non-hydrogen) atoms. The highest BCUT2D eigenvalue weighted by Crippen LogP contribution is 2.49. The summed E-state index contributed by atoms with van der Waals surface area (Å²) in [6.07, 6.45) is 7.08. The number of para-hydroxylation sites is 2. The number of allylic oxidation sites excluding steroid dienone is 3. The second-order valence-corrected chi connectivity index (χ2v) is 17.4. The zero-order chi connectivity index (χ0) is 42.6. The van der Waals surface area contributed by atoms with Crippen LogP contribution in [0.3, 0.4) is 0 Å².